The molecule has 2 aromatic rings. The second kappa shape index (κ2) is 4.70. The van der Waals surface area contributed by atoms with Crippen molar-refractivity contribution in [2.24, 2.45) is 0 Å². The summed E-state index contributed by atoms with van der Waals surface area (Å²) in [5.41, 5.74) is 1.73. The van der Waals surface area contributed by atoms with E-state index in [9.17, 15) is 4.79 Å². The standard InChI is InChI=1S/C15H18N2O2/c1-10-8-17(9-11(2)19-10)15(18)13-4-3-12-5-6-16-14(12)7-13/h3-7,10-11,16H,8-9H2,1-2H3/t10-,11+. The predicted molar refractivity (Wildman–Crippen MR) is 74.2 cm³/mol. The van der Waals surface area contributed by atoms with Gasteiger partial charge in [0.1, 0.15) is 0 Å². The number of carbonyl (C=O) groups excluding carboxylic acids is 1. The van der Waals surface area contributed by atoms with Gasteiger partial charge in [0, 0.05) is 30.4 Å². The minimum absolute atomic E-state index is 0.0819. The fraction of sp³-hybridized carbons (Fsp3) is 0.400. The molecular weight excluding hydrogens is 240 g/mol. The van der Waals surface area contributed by atoms with Crippen LogP contribution in [0.15, 0.2) is 30.5 Å². The van der Waals surface area contributed by atoms with E-state index in [-0.39, 0.29) is 18.1 Å². The maximum atomic E-state index is 12.5. The fourth-order valence-electron chi connectivity index (χ4n) is 2.71. The lowest BCUT2D eigenvalue weighted by Gasteiger charge is -2.35. The number of fused-ring (bicyclic) bond motifs is 1. The SMILES string of the molecule is C[C@@H]1CN(C(=O)c2ccc3cc[nH]c3c2)C[C@H](C)O1. The number of benzene rings is 1. The highest BCUT2D eigenvalue weighted by Gasteiger charge is 2.26. The third kappa shape index (κ3) is 2.36. The number of aromatic nitrogens is 1. The monoisotopic (exact) mass is 258 g/mol. The van der Waals surface area contributed by atoms with Crippen molar-refractivity contribution in [3.8, 4) is 0 Å². The van der Waals surface area contributed by atoms with Crippen molar-refractivity contribution in [3.05, 3.63) is 36.0 Å². The molecule has 1 aliphatic heterocycles. The highest BCUT2D eigenvalue weighted by atomic mass is 16.5. The van der Waals surface area contributed by atoms with Crippen LogP contribution in [0.2, 0.25) is 0 Å². The second-order valence-corrected chi connectivity index (χ2v) is 5.25. The Balaban J connectivity index is 1.86. The van der Waals surface area contributed by atoms with Crippen LogP contribution in [-0.2, 0) is 4.74 Å². The molecular formula is C15H18N2O2. The molecule has 0 aliphatic carbocycles. The summed E-state index contributed by atoms with van der Waals surface area (Å²) in [6.45, 7) is 5.33. The summed E-state index contributed by atoms with van der Waals surface area (Å²) in [7, 11) is 0. The maximum absolute atomic E-state index is 12.5. The zero-order valence-electron chi connectivity index (χ0n) is 11.2. The van der Waals surface area contributed by atoms with Gasteiger partial charge in [0.25, 0.3) is 5.91 Å². The Labute approximate surface area is 112 Å². The Morgan fingerprint density at radius 2 is 2.00 bits per heavy atom. The Morgan fingerprint density at radius 3 is 2.74 bits per heavy atom. The zero-order chi connectivity index (χ0) is 13.4. The molecule has 1 saturated heterocycles. The van der Waals surface area contributed by atoms with Crippen LogP contribution < -0.4 is 0 Å². The number of aromatic amines is 1. The number of amides is 1. The van der Waals surface area contributed by atoms with Crippen molar-refractivity contribution < 1.29 is 9.53 Å². The van der Waals surface area contributed by atoms with E-state index in [0.717, 1.165) is 16.5 Å². The van der Waals surface area contributed by atoms with Gasteiger partial charge >= 0.3 is 0 Å². The average Bonchev–Trinajstić information content (AvgIpc) is 2.83. The van der Waals surface area contributed by atoms with Crippen molar-refractivity contribution >= 4 is 16.8 Å². The molecule has 1 fully saturated rings. The van der Waals surface area contributed by atoms with Crippen LogP contribution in [0.5, 0.6) is 0 Å². The lowest BCUT2D eigenvalue weighted by molar-refractivity contribution is -0.0586. The van der Waals surface area contributed by atoms with E-state index in [0.29, 0.717) is 13.1 Å². The molecule has 2 heterocycles. The third-order valence-electron chi connectivity index (χ3n) is 3.51. The van der Waals surface area contributed by atoms with E-state index in [1.165, 1.54) is 0 Å². The van der Waals surface area contributed by atoms with Crippen molar-refractivity contribution in [1.82, 2.24) is 9.88 Å². The molecule has 0 unspecified atom stereocenters. The summed E-state index contributed by atoms with van der Waals surface area (Å²) in [5, 5.41) is 1.13. The lowest BCUT2D eigenvalue weighted by Crippen LogP contribution is -2.48. The van der Waals surface area contributed by atoms with Gasteiger partial charge in [-0.3, -0.25) is 4.79 Å². The number of ether oxygens (including phenoxy) is 1. The summed E-state index contributed by atoms with van der Waals surface area (Å²) < 4.78 is 5.66. The average molecular weight is 258 g/mol. The normalized spacial score (nSPS) is 23.8. The number of nitrogens with one attached hydrogen (secondary N) is 1. The molecule has 0 saturated carbocycles. The molecule has 100 valence electrons. The Hall–Kier alpha value is -1.81. The molecule has 3 rings (SSSR count). The Bertz CT molecular complexity index is 595. The highest BCUT2D eigenvalue weighted by Crippen LogP contribution is 2.18. The number of carbonyl (C=O) groups is 1. The van der Waals surface area contributed by atoms with Gasteiger partial charge in [-0.1, -0.05) is 6.07 Å². The van der Waals surface area contributed by atoms with E-state index < -0.39 is 0 Å². The minimum atomic E-state index is 0.0819. The molecule has 4 heteroatoms. The van der Waals surface area contributed by atoms with Gasteiger partial charge in [-0.05, 0) is 37.4 Å². The van der Waals surface area contributed by atoms with Gasteiger partial charge in [0.15, 0.2) is 0 Å². The van der Waals surface area contributed by atoms with E-state index in [1.54, 1.807) is 0 Å². The minimum Gasteiger partial charge on any atom is -0.372 e. The van der Waals surface area contributed by atoms with Crippen molar-refractivity contribution in [2.45, 2.75) is 26.1 Å². The van der Waals surface area contributed by atoms with E-state index in [2.05, 4.69) is 4.98 Å². The molecule has 0 radical (unpaired) electrons. The van der Waals surface area contributed by atoms with E-state index in [1.807, 2.05) is 49.2 Å². The van der Waals surface area contributed by atoms with Crippen LogP contribution >= 0.6 is 0 Å². The number of H-pyrrole nitrogens is 1. The first-order chi connectivity index (χ1) is 9.13. The Morgan fingerprint density at radius 1 is 1.26 bits per heavy atom. The summed E-state index contributed by atoms with van der Waals surface area (Å²) in [6, 6.07) is 7.79. The van der Waals surface area contributed by atoms with E-state index in [4.69, 9.17) is 4.74 Å². The molecule has 1 aromatic carbocycles. The quantitative estimate of drug-likeness (QED) is 0.853. The van der Waals surface area contributed by atoms with Crippen LogP contribution in [0, 0.1) is 0 Å². The molecule has 2 atom stereocenters. The molecule has 1 aromatic heterocycles. The van der Waals surface area contributed by atoms with Gasteiger partial charge in [-0.15, -0.1) is 0 Å². The maximum Gasteiger partial charge on any atom is 0.254 e. The molecule has 1 amide bonds. The lowest BCUT2D eigenvalue weighted by atomic mass is 10.1. The van der Waals surface area contributed by atoms with Crippen LogP contribution in [0.25, 0.3) is 10.9 Å². The van der Waals surface area contributed by atoms with Crippen LogP contribution in [0.4, 0.5) is 0 Å². The number of nitrogens with zero attached hydrogens (tertiary/aromatic N) is 1. The van der Waals surface area contributed by atoms with Crippen LogP contribution in [-0.4, -0.2) is 41.1 Å². The van der Waals surface area contributed by atoms with Crippen molar-refractivity contribution in [2.75, 3.05) is 13.1 Å². The van der Waals surface area contributed by atoms with Crippen molar-refractivity contribution in [1.29, 1.82) is 0 Å². The van der Waals surface area contributed by atoms with Crippen molar-refractivity contribution in [3.63, 3.8) is 0 Å². The first kappa shape index (κ1) is 12.2. The van der Waals surface area contributed by atoms with Gasteiger partial charge in [0.05, 0.1) is 12.2 Å². The fourth-order valence-corrected chi connectivity index (χ4v) is 2.71. The second-order valence-electron chi connectivity index (χ2n) is 5.25. The number of hydrogen-bond donors (Lipinski definition) is 1. The zero-order valence-corrected chi connectivity index (χ0v) is 11.2. The summed E-state index contributed by atoms with van der Waals surface area (Å²) >= 11 is 0. The predicted octanol–water partition coefficient (Wildman–Crippen LogP) is 2.42. The van der Waals surface area contributed by atoms with Gasteiger partial charge in [-0.25, -0.2) is 0 Å². The molecule has 1 aliphatic rings. The smallest absolute Gasteiger partial charge is 0.254 e. The number of morpholine rings is 1. The topological polar surface area (TPSA) is 45.3 Å². The molecule has 4 nitrogen and oxygen atoms in total. The molecule has 0 bridgehead atoms. The van der Waals surface area contributed by atoms with Gasteiger partial charge in [-0.2, -0.15) is 0 Å². The van der Waals surface area contributed by atoms with Gasteiger partial charge < -0.3 is 14.6 Å². The van der Waals surface area contributed by atoms with Gasteiger partial charge in [0.2, 0.25) is 0 Å². The molecule has 19 heavy (non-hydrogen) atoms. The summed E-state index contributed by atoms with van der Waals surface area (Å²) in [5.74, 6) is 0.0819. The first-order valence-electron chi connectivity index (χ1n) is 6.65. The molecule has 1 N–H and O–H groups in total. The highest BCUT2D eigenvalue weighted by molar-refractivity contribution is 5.98. The summed E-state index contributed by atoms with van der Waals surface area (Å²) in [6.07, 6.45) is 2.08. The third-order valence-corrected chi connectivity index (χ3v) is 3.51. The summed E-state index contributed by atoms with van der Waals surface area (Å²) in [4.78, 5) is 17.5. The largest absolute Gasteiger partial charge is 0.372 e. The number of hydrogen-bond acceptors (Lipinski definition) is 2. The molecule has 0 spiro atoms. The first-order valence-corrected chi connectivity index (χ1v) is 6.65. The Kier molecular flexibility index (Phi) is 3.03. The van der Waals surface area contributed by atoms with E-state index >= 15 is 0 Å². The number of rotatable bonds is 1. The van der Waals surface area contributed by atoms with Crippen LogP contribution in [0.3, 0.4) is 0 Å². The van der Waals surface area contributed by atoms with Crippen LogP contribution in [0.1, 0.15) is 24.2 Å².